The van der Waals surface area contributed by atoms with Crippen LogP contribution in [0.2, 0.25) is 0 Å². The Hall–Kier alpha value is -1.62. The number of imide groups is 1. The number of hydrogen-bond acceptors (Lipinski definition) is 3. The number of rotatable bonds is 2. The van der Waals surface area contributed by atoms with E-state index in [1.54, 1.807) is 18.5 Å². The topological polar surface area (TPSA) is 71.1 Å². The maximum atomic E-state index is 11.2. The molecule has 15 heavy (non-hydrogen) atoms. The van der Waals surface area contributed by atoms with Gasteiger partial charge in [-0.1, -0.05) is 6.07 Å². The summed E-state index contributed by atoms with van der Waals surface area (Å²) in [6.07, 6.45) is 3.82. The lowest BCUT2D eigenvalue weighted by molar-refractivity contribution is -0.120. The summed E-state index contributed by atoms with van der Waals surface area (Å²) in [7, 11) is 0. The highest BCUT2D eigenvalue weighted by Crippen LogP contribution is 2.04. The van der Waals surface area contributed by atoms with Crippen molar-refractivity contribution in [1.82, 2.24) is 15.6 Å². The van der Waals surface area contributed by atoms with Crippen LogP contribution in [0.4, 0.5) is 4.79 Å². The molecule has 2 rings (SSSR count). The predicted molar refractivity (Wildman–Crippen MR) is 55.7 cm³/mol. The Kier molecular flexibility index (Phi) is 3.62. The van der Waals surface area contributed by atoms with Gasteiger partial charge in [-0.15, -0.1) is 12.4 Å². The average molecular weight is 228 g/mol. The SMILES string of the molecule is Cl.O=C1NC(=O)C(Cc2cccnc2)N1. The van der Waals surface area contributed by atoms with Gasteiger partial charge in [-0.05, 0) is 11.6 Å². The molecule has 2 N–H and O–H groups in total. The number of aromatic nitrogens is 1. The molecule has 0 aliphatic carbocycles. The number of nitrogens with zero attached hydrogens (tertiary/aromatic N) is 1. The van der Waals surface area contributed by atoms with Crippen molar-refractivity contribution in [2.24, 2.45) is 0 Å². The van der Waals surface area contributed by atoms with E-state index in [2.05, 4.69) is 15.6 Å². The molecular formula is C9H10ClN3O2. The minimum Gasteiger partial charge on any atom is -0.326 e. The number of carbonyl (C=O) groups excluding carboxylic acids is 2. The first-order valence-corrected chi connectivity index (χ1v) is 4.26. The largest absolute Gasteiger partial charge is 0.326 e. The van der Waals surface area contributed by atoms with Crippen LogP contribution in [-0.2, 0) is 11.2 Å². The first kappa shape index (κ1) is 11.5. The molecule has 2 heterocycles. The van der Waals surface area contributed by atoms with Crippen molar-refractivity contribution in [2.45, 2.75) is 12.5 Å². The van der Waals surface area contributed by atoms with Crippen LogP contribution in [0, 0.1) is 0 Å². The van der Waals surface area contributed by atoms with E-state index < -0.39 is 12.1 Å². The zero-order chi connectivity index (χ0) is 9.97. The van der Waals surface area contributed by atoms with Crippen molar-refractivity contribution in [3.63, 3.8) is 0 Å². The summed E-state index contributed by atoms with van der Waals surface area (Å²) in [5.41, 5.74) is 0.926. The summed E-state index contributed by atoms with van der Waals surface area (Å²) >= 11 is 0. The summed E-state index contributed by atoms with van der Waals surface area (Å²) in [6, 6.07) is 2.77. The molecule has 0 aromatic carbocycles. The molecule has 1 fully saturated rings. The van der Waals surface area contributed by atoms with Crippen molar-refractivity contribution >= 4 is 24.3 Å². The van der Waals surface area contributed by atoms with Crippen LogP contribution in [0.3, 0.4) is 0 Å². The Balaban J connectivity index is 0.00000112. The fourth-order valence-electron chi connectivity index (χ4n) is 1.36. The van der Waals surface area contributed by atoms with E-state index in [4.69, 9.17) is 0 Å². The summed E-state index contributed by atoms with van der Waals surface area (Å²) in [6.45, 7) is 0. The smallest absolute Gasteiger partial charge is 0.322 e. The monoisotopic (exact) mass is 227 g/mol. The average Bonchev–Trinajstić information content (AvgIpc) is 2.47. The zero-order valence-electron chi connectivity index (χ0n) is 7.77. The molecule has 1 aromatic heterocycles. The molecule has 0 saturated carbocycles. The summed E-state index contributed by atoms with van der Waals surface area (Å²) < 4.78 is 0. The lowest BCUT2D eigenvalue weighted by Crippen LogP contribution is -2.31. The predicted octanol–water partition coefficient (Wildman–Crippen LogP) is 0.254. The quantitative estimate of drug-likeness (QED) is 0.712. The molecule has 5 nitrogen and oxygen atoms in total. The molecule has 0 radical (unpaired) electrons. The molecule has 3 amide bonds. The first-order chi connectivity index (χ1) is 6.75. The second-order valence-electron chi connectivity index (χ2n) is 3.08. The highest BCUT2D eigenvalue weighted by atomic mass is 35.5. The molecule has 1 saturated heterocycles. The minimum absolute atomic E-state index is 0. The third kappa shape index (κ3) is 2.66. The van der Waals surface area contributed by atoms with Crippen LogP contribution in [0.1, 0.15) is 5.56 Å². The van der Waals surface area contributed by atoms with Gasteiger partial charge >= 0.3 is 6.03 Å². The summed E-state index contributed by atoms with van der Waals surface area (Å²) in [5.74, 6) is -0.279. The maximum absolute atomic E-state index is 11.2. The van der Waals surface area contributed by atoms with Gasteiger partial charge in [0.25, 0.3) is 5.91 Å². The molecule has 1 unspecified atom stereocenters. The van der Waals surface area contributed by atoms with Crippen LogP contribution < -0.4 is 10.6 Å². The van der Waals surface area contributed by atoms with Crippen LogP contribution in [0.15, 0.2) is 24.5 Å². The van der Waals surface area contributed by atoms with Gasteiger partial charge < -0.3 is 5.32 Å². The number of pyridine rings is 1. The second kappa shape index (κ2) is 4.75. The van der Waals surface area contributed by atoms with Crippen molar-refractivity contribution in [3.8, 4) is 0 Å². The first-order valence-electron chi connectivity index (χ1n) is 4.26. The Bertz CT molecular complexity index is 369. The lowest BCUT2D eigenvalue weighted by atomic mass is 10.1. The van der Waals surface area contributed by atoms with Gasteiger partial charge in [-0.3, -0.25) is 15.1 Å². The molecule has 0 bridgehead atoms. The third-order valence-corrected chi connectivity index (χ3v) is 2.02. The van der Waals surface area contributed by atoms with Gasteiger partial charge in [0.15, 0.2) is 0 Å². The van der Waals surface area contributed by atoms with Crippen molar-refractivity contribution in [1.29, 1.82) is 0 Å². The maximum Gasteiger partial charge on any atom is 0.322 e. The van der Waals surface area contributed by atoms with E-state index in [1.807, 2.05) is 6.07 Å². The summed E-state index contributed by atoms with van der Waals surface area (Å²) in [5, 5.41) is 4.70. The van der Waals surface area contributed by atoms with Crippen LogP contribution >= 0.6 is 12.4 Å². The molecule has 6 heteroatoms. The van der Waals surface area contributed by atoms with Crippen LogP contribution in [0.25, 0.3) is 0 Å². The Morgan fingerprint density at radius 3 is 2.73 bits per heavy atom. The van der Waals surface area contributed by atoms with E-state index in [0.717, 1.165) is 5.56 Å². The number of hydrogen-bond donors (Lipinski definition) is 2. The van der Waals surface area contributed by atoms with Gasteiger partial charge in [-0.25, -0.2) is 4.79 Å². The fraction of sp³-hybridized carbons (Fsp3) is 0.222. The van der Waals surface area contributed by atoms with Crippen LogP contribution in [-0.4, -0.2) is 23.0 Å². The van der Waals surface area contributed by atoms with Crippen molar-refractivity contribution in [2.75, 3.05) is 0 Å². The van der Waals surface area contributed by atoms with E-state index in [-0.39, 0.29) is 18.3 Å². The number of nitrogens with one attached hydrogen (secondary N) is 2. The normalized spacial score (nSPS) is 19.1. The van der Waals surface area contributed by atoms with Gasteiger partial charge in [0.2, 0.25) is 0 Å². The lowest BCUT2D eigenvalue weighted by Gasteiger charge is -2.05. The molecule has 1 aliphatic rings. The minimum atomic E-state index is -0.466. The molecule has 1 aliphatic heterocycles. The summed E-state index contributed by atoms with van der Waals surface area (Å²) in [4.78, 5) is 25.9. The number of urea groups is 1. The van der Waals surface area contributed by atoms with E-state index in [1.165, 1.54) is 0 Å². The van der Waals surface area contributed by atoms with Crippen molar-refractivity contribution in [3.05, 3.63) is 30.1 Å². The molecule has 80 valence electrons. The highest BCUT2D eigenvalue weighted by Gasteiger charge is 2.29. The Labute approximate surface area is 92.7 Å². The standard InChI is InChI=1S/C9H9N3O2.ClH/c13-8-7(11-9(14)12-8)4-6-2-1-3-10-5-6;/h1-3,5,7H,4H2,(H2,11,12,13,14);1H. The molecule has 1 aromatic rings. The number of amides is 3. The van der Waals surface area contributed by atoms with E-state index in [9.17, 15) is 9.59 Å². The van der Waals surface area contributed by atoms with Gasteiger partial charge in [0.1, 0.15) is 6.04 Å². The Morgan fingerprint density at radius 2 is 2.20 bits per heavy atom. The number of halogens is 1. The molecular weight excluding hydrogens is 218 g/mol. The second-order valence-corrected chi connectivity index (χ2v) is 3.08. The van der Waals surface area contributed by atoms with Crippen LogP contribution in [0.5, 0.6) is 0 Å². The van der Waals surface area contributed by atoms with Gasteiger partial charge in [-0.2, -0.15) is 0 Å². The highest BCUT2D eigenvalue weighted by molar-refractivity contribution is 6.04. The Morgan fingerprint density at radius 1 is 1.40 bits per heavy atom. The third-order valence-electron chi connectivity index (χ3n) is 2.02. The van der Waals surface area contributed by atoms with E-state index >= 15 is 0 Å². The zero-order valence-corrected chi connectivity index (χ0v) is 8.58. The molecule has 0 spiro atoms. The number of carbonyl (C=O) groups is 2. The van der Waals surface area contributed by atoms with Gasteiger partial charge in [0.05, 0.1) is 0 Å². The molecule has 1 atom stereocenters. The van der Waals surface area contributed by atoms with Crippen molar-refractivity contribution < 1.29 is 9.59 Å². The van der Waals surface area contributed by atoms with Gasteiger partial charge in [0, 0.05) is 18.8 Å². The fourth-order valence-corrected chi connectivity index (χ4v) is 1.36. The van der Waals surface area contributed by atoms with E-state index in [0.29, 0.717) is 6.42 Å².